The summed E-state index contributed by atoms with van der Waals surface area (Å²) < 4.78 is 6.01. The van der Waals surface area contributed by atoms with Crippen molar-refractivity contribution in [3.8, 4) is 0 Å². The van der Waals surface area contributed by atoms with Gasteiger partial charge in [0.05, 0.1) is 18.8 Å². The first-order valence-electron chi connectivity index (χ1n) is 5.82. The van der Waals surface area contributed by atoms with Crippen LogP contribution in [0.3, 0.4) is 0 Å². The molecule has 0 saturated carbocycles. The third-order valence-corrected chi connectivity index (χ3v) is 4.47. The second-order valence-corrected chi connectivity index (χ2v) is 6.38. The van der Waals surface area contributed by atoms with Crippen molar-refractivity contribution in [2.75, 3.05) is 27.3 Å². The molecule has 0 saturated heterocycles. The van der Waals surface area contributed by atoms with Crippen molar-refractivity contribution in [3.63, 3.8) is 0 Å². The molecule has 0 amide bonds. The lowest BCUT2D eigenvalue weighted by Crippen LogP contribution is -2.41. The fourth-order valence-electron chi connectivity index (χ4n) is 2.05. The number of hydrogen-bond donors (Lipinski definition) is 2. The molecule has 0 aliphatic carbocycles. The Morgan fingerprint density at radius 3 is 2.72 bits per heavy atom. The molecule has 1 aromatic heterocycles. The smallest absolute Gasteiger partial charge is 0.0900 e. The number of aliphatic hydroxyl groups excluding tert-OH is 1. The third kappa shape index (κ3) is 4.60. The highest BCUT2D eigenvalue weighted by Gasteiger charge is 2.24. The van der Waals surface area contributed by atoms with Gasteiger partial charge in [0.1, 0.15) is 0 Å². The lowest BCUT2D eigenvalue weighted by molar-refractivity contribution is 0.0321. The van der Waals surface area contributed by atoms with E-state index in [1.165, 1.54) is 4.88 Å². The molecule has 0 aliphatic rings. The molecule has 0 bridgehead atoms. The molecule has 0 radical (unpaired) electrons. The Hall–Kier alpha value is 0.0200. The van der Waals surface area contributed by atoms with Crippen LogP contribution in [0.2, 0.25) is 0 Å². The van der Waals surface area contributed by atoms with E-state index in [9.17, 15) is 5.11 Å². The van der Waals surface area contributed by atoms with Gasteiger partial charge in [-0.2, -0.15) is 0 Å². The average molecular weight is 337 g/mol. The van der Waals surface area contributed by atoms with Crippen LogP contribution < -0.4 is 5.73 Å². The topological polar surface area (TPSA) is 58.7 Å². The van der Waals surface area contributed by atoms with Gasteiger partial charge in [-0.3, -0.25) is 4.90 Å². The molecule has 0 spiro atoms. The number of rotatable bonds is 7. The minimum Gasteiger partial charge on any atom is -0.389 e. The van der Waals surface area contributed by atoms with Gasteiger partial charge in [-0.05, 0) is 36.0 Å². The average Bonchev–Trinajstić information content (AvgIpc) is 2.64. The highest BCUT2D eigenvalue weighted by Crippen LogP contribution is 2.30. The molecular weight excluding hydrogens is 316 g/mol. The first kappa shape index (κ1) is 16.1. The van der Waals surface area contributed by atoms with Gasteiger partial charge >= 0.3 is 0 Å². The van der Waals surface area contributed by atoms with Gasteiger partial charge in [-0.15, -0.1) is 11.3 Å². The Morgan fingerprint density at radius 1 is 1.61 bits per heavy atom. The zero-order valence-electron chi connectivity index (χ0n) is 11.0. The van der Waals surface area contributed by atoms with E-state index in [4.69, 9.17) is 10.5 Å². The summed E-state index contributed by atoms with van der Waals surface area (Å²) in [6.07, 6.45) is -0.496. The number of nitrogens with two attached hydrogens (primary N) is 1. The molecule has 3 unspecified atom stereocenters. The summed E-state index contributed by atoms with van der Waals surface area (Å²) in [7, 11) is 3.56. The largest absolute Gasteiger partial charge is 0.389 e. The van der Waals surface area contributed by atoms with Crippen molar-refractivity contribution in [1.82, 2.24) is 4.90 Å². The van der Waals surface area contributed by atoms with E-state index in [2.05, 4.69) is 26.9 Å². The molecule has 3 N–H and O–H groups in total. The minimum absolute atomic E-state index is 0.00436. The number of nitrogens with zero attached hydrogens (tertiary/aromatic N) is 1. The van der Waals surface area contributed by atoms with Crippen LogP contribution in [0, 0.1) is 0 Å². The van der Waals surface area contributed by atoms with Crippen LogP contribution in [0.1, 0.15) is 17.8 Å². The van der Waals surface area contributed by atoms with E-state index in [0.29, 0.717) is 13.2 Å². The minimum atomic E-state index is -0.496. The van der Waals surface area contributed by atoms with Gasteiger partial charge in [0, 0.05) is 34.4 Å². The quantitative estimate of drug-likeness (QED) is 0.797. The highest BCUT2D eigenvalue weighted by molar-refractivity contribution is 9.10. The zero-order valence-corrected chi connectivity index (χ0v) is 13.4. The molecule has 0 aliphatic heterocycles. The maximum Gasteiger partial charge on any atom is 0.0900 e. The lowest BCUT2D eigenvalue weighted by atomic mass is 10.1. The molecule has 0 fully saturated rings. The van der Waals surface area contributed by atoms with E-state index >= 15 is 0 Å². The van der Waals surface area contributed by atoms with Crippen molar-refractivity contribution in [1.29, 1.82) is 0 Å². The van der Waals surface area contributed by atoms with Crippen LogP contribution in [0.15, 0.2) is 15.9 Å². The Kier molecular flexibility index (Phi) is 6.76. The van der Waals surface area contributed by atoms with Gasteiger partial charge in [-0.1, -0.05) is 0 Å². The first-order valence-corrected chi connectivity index (χ1v) is 7.49. The summed E-state index contributed by atoms with van der Waals surface area (Å²) in [5.74, 6) is 0. The van der Waals surface area contributed by atoms with Gasteiger partial charge in [0.15, 0.2) is 0 Å². The molecule has 104 valence electrons. The number of hydrogen-bond acceptors (Lipinski definition) is 5. The maximum atomic E-state index is 9.79. The number of halogens is 1. The van der Waals surface area contributed by atoms with Crippen LogP contribution in [0.4, 0.5) is 0 Å². The number of methoxy groups -OCH3 is 1. The summed E-state index contributed by atoms with van der Waals surface area (Å²) in [6, 6.07) is 2.18. The van der Waals surface area contributed by atoms with E-state index in [1.54, 1.807) is 18.4 Å². The Balaban J connectivity index is 2.73. The Bertz CT molecular complexity index is 360. The molecule has 3 atom stereocenters. The van der Waals surface area contributed by atoms with Crippen molar-refractivity contribution in [2.24, 2.45) is 5.73 Å². The summed E-state index contributed by atoms with van der Waals surface area (Å²) in [6.45, 7) is 2.86. The van der Waals surface area contributed by atoms with E-state index in [1.807, 2.05) is 19.4 Å². The second-order valence-electron chi connectivity index (χ2n) is 4.52. The molecule has 1 aromatic rings. The molecule has 4 nitrogen and oxygen atoms in total. The van der Waals surface area contributed by atoms with E-state index in [-0.39, 0.29) is 12.1 Å². The Morgan fingerprint density at radius 2 is 2.28 bits per heavy atom. The normalized spacial score (nSPS) is 16.8. The zero-order chi connectivity index (χ0) is 13.7. The van der Waals surface area contributed by atoms with Crippen molar-refractivity contribution < 1.29 is 9.84 Å². The first-order chi connectivity index (χ1) is 8.45. The predicted molar refractivity (Wildman–Crippen MR) is 78.9 cm³/mol. The van der Waals surface area contributed by atoms with Gasteiger partial charge in [0.25, 0.3) is 0 Å². The third-order valence-electron chi connectivity index (χ3n) is 2.71. The van der Waals surface area contributed by atoms with Crippen LogP contribution in [-0.2, 0) is 4.74 Å². The van der Waals surface area contributed by atoms with Crippen molar-refractivity contribution in [2.45, 2.75) is 25.1 Å². The number of likely N-dealkylation sites (N-methyl/N-ethyl adjacent to an activating group) is 1. The highest BCUT2D eigenvalue weighted by atomic mass is 79.9. The summed E-state index contributed by atoms with van der Waals surface area (Å²) in [5.41, 5.74) is 6.07. The molecule has 1 heterocycles. The second kappa shape index (κ2) is 7.57. The molecule has 1 rings (SSSR count). The summed E-state index contributed by atoms with van der Waals surface area (Å²) in [5, 5.41) is 11.8. The molecule has 0 aromatic carbocycles. The molecule has 18 heavy (non-hydrogen) atoms. The van der Waals surface area contributed by atoms with Gasteiger partial charge < -0.3 is 15.6 Å². The molecular formula is C12H21BrN2O2S. The predicted octanol–water partition coefficient (Wildman–Crippen LogP) is 1.84. The van der Waals surface area contributed by atoms with Crippen LogP contribution in [0.25, 0.3) is 0 Å². The van der Waals surface area contributed by atoms with Crippen LogP contribution in [-0.4, -0.2) is 49.5 Å². The van der Waals surface area contributed by atoms with Gasteiger partial charge in [0.2, 0.25) is 0 Å². The van der Waals surface area contributed by atoms with E-state index in [0.717, 1.165) is 4.47 Å². The van der Waals surface area contributed by atoms with Crippen molar-refractivity contribution in [3.05, 3.63) is 20.8 Å². The SMILES string of the molecule is COCC(O)CN(C)C(c1cc(Br)cs1)C(C)N. The number of aliphatic hydroxyl groups is 1. The van der Waals surface area contributed by atoms with Crippen LogP contribution in [0.5, 0.6) is 0 Å². The fourth-order valence-corrected chi connectivity index (χ4v) is 3.78. The monoisotopic (exact) mass is 336 g/mol. The number of ether oxygens (including phenoxy) is 1. The van der Waals surface area contributed by atoms with Gasteiger partial charge in [-0.25, -0.2) is 0 Å². The summed E-state index contributed by atoms with van der Waals surface area (Å²) >= 11 is 5.13. The van der Waals surface area contributed by atoms with E-state index < -0.39 is 6.10 Å². The Labute approximate surface area is 121 Å². The van der Waals surface area contributed by atoms with Crippen molar-refractivity contribution >= 4 is 27.3 Å². The maximum absolute atomic E-state index is 9.79. The van der Waals surface area contributed by atoms with Crippen LogP contribution >= 0.6 is 27.3 Å². The number of thiophene rings is 1. The lowest BCUT2D eigenvalue weighted by Gasteiger charge is -2.31. The summed E-state index contributed by atoms with van der Waals surface area (Å²) in [4.78, 5) is 3.27. The fraction of sp³-hybridized carbons (Fsp3) is 0.667. The molecule has 6 heteroatoms. The standard InChI is InChI=1S/C12H21BrN2O2S/c1-8(14)12(11-4-9(13)7-18-11)15(2)5-10(16)6-17-3/h4,7-8,10,12,16H,5-6,14H2,1-3H3.